The lowest BCUT2D eigenvalue weighted by atomic mass is 10.00. The van der Waals surface area contributed by atoms with Crippen LogP contribution >= 0.6 is 0 Å². The fourth-order valence-electron chi connectivity index (χ4n) is 9.69. The number of furan rings is 1. The fraction of sp³-hybridized carbons (Fsp3) is 0. The highest BCUT2D eigenvalue weighted by Crippen LogP contribution is 2.42. The highest BCUT2D eigenvalue weighted by Gasteiger charge is 2.21. The van der Waals surface area contributed by atoms with Crippen molar-refractivity contribution in [2.24, 2.45) is 0 Å². The van der Waals surface area contributed by atoms with E-state index in [-0.39, 0.29) is 0 Å². The molecule has 13 rings (SSSR count). The lowest BCUT2D eigenvalue weighted by Crippen LogP contribution is -2.00. The molecule has 0 N–H and O–H groups in total. The van der Waals surface area contributed by atoms with Crippen molar-refractivity contribution in [3.8, 4) is 84.4 Å². The molecule has 0 amide bonds. The summed E-state index contributed by atoms with van der Waals surface area (Å²) in [6, 6.07) is 85.2. The van der Waals surface area contributed by atoms with E-state index in [9.17, 15) is 0 Å². The van der Waals surface area contributed by atoms with Crippen molar-refractivity contribution in [1.82, 2.24) is 19.5 Å². The summed E-state index contributed by atoms with van der Waals surface area (Å²) in [5.41, 5.74) is 16.8. The Morgan fingerprint density at radius 3 is 1.37 bits per heavy atom. The third-order valence-corrected chi connectivity index (χ3v) is 13.1. The lowest BCUT2D eigenvalue weighted by molar-refractivity contribution is 0.673. The van der Waals surface area contributed by atoms with Crippen molar-refractivity contribution in [2.75, 3.05) is 0 Å². The van der Waals surface area contributed by atoms with Crippen LogP contribution in [0.5, 0.6) is 0 Å². The topological polar surface area (TPSA) is 56.7 Å². The Morgan fingerprint density at radius 2 is 0.721 bits per heavy atom. The number of benzene rings is 10. The van der Waals surface area contributed by atoms with E-state index in [0.717, 1.165) is 93.9 Å². The zero-order valence-corrected chi connectivity index (χ0v) is 36.8. The van der Waals surface area contributed by atoms with E-state index >= 15 is 0 Å². The van der Waals surface area contributed by atoms with Crippen molar-refractivity contribution in [2.45, 2.75) is 0 Å². The Kier molecular flexibility index (Phi) is 9.43. The highest BCUT2D eigenvalue weighted by molar-refractivity contribution is 6.24. The number of fused-ring (bicyclic) bond motifs is 7. The summed E-state index contributed by atoms with van der Waals surface area (Å²) >= 11 is 0. The third kappa shape index (κ3) is 6.93. The van der Waals surface area contributed by atoms with Crippen LogP contribution in [0.4, 0.5) is 0 Å². The van der Waals surface area contributed by atoms with Crippen LogP contribution in [0, 0.1) is 0 Å². The molecular weight excluding hydrogens is 829 g/mol. The van der Waals surface area contributed by atoms with E-state index in [1.165, 1.54) is 16.7 Å². The maximum Gasteiger partial charge on any atom is 0.164 e. The molecule has 0 saturated heterocycles. The van der Waals surface area contributed by atoms with Crippen molar-refractivity contribution >= 4 is 43.7 Å². The molecule has 0 spiro atoms. The number of rotatable bonds is 8. The van der Waals surface area contributed by atoms with Gasteiger partial charge in [0, 0.05) is 38.5 Å². The minimum Gasteiger partial charge on any atom is -0.455 e. The molecule has 5 heteroatoms. The summed E-state index contributed by atoms with van der Waals surface area (Å²) in [6.45, 7) is 0. The minimum atomic E-state index is 0.570. The van der Waals surface area contributed by atoms with Gasteiger partial charge in [-0.3, -0.25) is 0 Å². The number of para-hydroxylation sites is 1. The predicted molar refractivity (Wildman–Crippen MR) is 279 cm³/mol. The second kappa shape index (κ2) is 16.4. The van der Waals surface area contributed by atoms with E-state index in [1.54, 1.807) is 0 Å². The van der Waals surface area contributed by atoms with Gasteiger partial charge in [0.15, 0.2) is 17.5 Å². The van der Waals surface area contributed by atoms with E-state index < -0.39 is 0 Å². The molecule has 0 atom stereocenters. The Labute approximate surface area is 392 Å². The molecule has 3 heterocycles. The fourth-order valence-corrected chi connectivity index (χ4v) is 9.69. The molecule has 3 aromatic heterocycles. The first-order valence-corrected chi connectivity index (χ1v) is 22.9. The van der Waals surface area contributed by atoms with Crippen LogP contribution in [0.15, 0.2) is 247 Å². The van der Waals surface area contributed by atoms with Gasteiger partial charge in [0.05, 0.1) is 16.4 Å². The van der Waals surface area contributed by atoms with Crippen LogP contribution in [0.2, 0.25) is 0 Å². The van der Waals surface area contributed by atoms with E-state index in [1.807, 2.05) is 12.1 Å². The van der Waals surface area contributed by atoms with Gasteiger partial charge in [-0.2, -0.15) is 0 Å². The molecule has 5 nitrogen and oxygen atoms in total. The molecule has 0 unspecified atom stereocenters. The molecule has 10 aromatic carbocycles. The van der Waals surface area contributed by atoms with Gasteiger partial charge in [0.1, 0.15) is 11.2 Å². The van der Waals surface area contributed by atoms with Crippen molar-refractivity contribution in [3.63, 3.8) is 0 Å². The summed E-state index contributed by atoms with van der Waals surface area (Å²) < 4.78 is 9.35. The zero-order chi connectivity index (χ0) is 45.0. The van der Waals surface area contributed by atoms with Crippen molar-refractivity contribution in [1.29, 1.82) is 0 Å². The molecule has 68 heavy (non-hydrogen) atoms. The van der Waals surface area contributed by atoms with Crippen molar-refractivity contribution < 1.29 is 4.42 Å². The first kappa shape index (κ1) is 39.2. The average Bonchev–Trinajstić information content (AvgIpc) is 3.97. The Balaban J connectivity index is 0.922. The monoisotopic (exact) mass is 868 g/mol. The molecule has 0 radical (unpaired) electrons. The molecular formula is C63H40N4O. The van der Waals surface area contributed by atoms with Gasteiger partial charge in [-0.25, -0.2) is 15.0 Å². The number of aromatic nitrogens is 4. The normalized spacial score (nSPS) is 11.5. The maximum atomic E-state index is 6.99. The first-order valence-electron chi connectivity index (χ1n) is 22.9. The molecule has 318 valence electrons. The SMILES string of the molecule is c1ccc(-c2ccc(-c3cccc(-n4c5ccccc5c5c6oc7cc(-c8nc(-c9ccc(-c%10ccccc%10)cc9)nc(-c9cccc(-c%10ccccc%10)c9)n8)ccc7c6ccc54)c3)cc2)cc1. The number of nitrogens with zero attached hydrogens (tertiary/aromatic N) is 4. The average molecular weight is 869 g/mol. The van der Waals surface area contributed by atoms with Crippen LogP contribution in [0.3, 0.4) is 0 Å². The molecule has 0 saturated carbocycles. The van der Waals surface area contributed by atoms with E-state index in [4.69, 9.17) is 19.4 Å². The van der Waals surface area contributed by atoms with Gasteiger partial charge in [-0.1, -0.05) is 194 Å². The number of hydrogen-bond acceptors (Lipinski definition) is 4. The summed E-state index contributed by atoms with van der Waals surface area (Å²) in [6.07, 6.45) is 0. The van der Waals surface area contributed by atoms with Crippen LogP contribution in [-0.2, 0) is 0 Å². The molecule has 13 aromatic rings. The van der Waals surface area contributed by atoms with Crippen LogP contribution in [0.1, 0.15) is 0 Å². The molecule has 0 aliphatic carbocycles. The predicted octanol–water partition coefficient (Wildman–Crippen LogP) is 16.5. The smallest absolute Gasteiger partial charge is 0.164 e. The molecule has 0 aliphatic heterocycles. The standard InChI is InChI=1S/C63H40N4O/c1-4-14-41(15-5-1)44-26-28-46(29-27-44)49-21-13-23-52(39-49)67-56-25-11-10-24-55(56)59-57(67)37-36-54-53-35-34-51(40-58(53)68-60(54)59)63-65-61(47-32-30-45(31-33-47)42-16-6-2-7-17-42)64-62(66-63)50-22-12-20-48(38-50)43-18-8-3-9-19-43/h1-40H. The quantitative estimate of drug-likeness (QED) is 0.153. The third-order valence-electron chi connectivity index (χ3n) is 13.1. The van der Waals surface area contributed by atoms with Gasteiger partial charge in [-0.05, 0) is 93.0 Å². The zero-order valence-electron chi connectivity index (χ0n) is 36.8. The highest BCUT2D eigenvalue weighted by atomic mass is 16.3. The van der Waals surface area contributed by atoms with E-state index in [0.29, 0.717) is 17.5 Å². The molecule has 0 aliphatic rings. The Morgan fingerprint density at radius 1 is 0.279 bits per heavy atom. The summed E-state index contributed by atoms with van der Waals surface area (Å²) in [4.78, 5) is 15.4. The van der Waals surface area contributed by atoms with Gasteiger partial charge in [-0.15, -0.1) is 0 Å². The molecule has 0 bridgehead atoms. The van der Waals surface area contributed by atoms with Gasteiger partial charge >= 0.3 is 0 Å². The Hall–Kier alpha value is -9.19. The largest absolute Gasteiger partial charge is 0.455 e. The molecule has 0 fully saturated rings. The lowest BCUT2D eigenvalue weighted by Gasteiger charge is -2.11. The summed E-state index contributed by atoms with van der Waals surface area (Å²) in [7, 11) is 0. The van der Waals surface area contributed by atoms with Crippen molar-refractivity contribution in [3.05, 3.63) is 243 Å². The van der Waals surface area contributed by atoms with Crippen LogP contribution in [-0.4, -0.2) is 19.5 Å². The second-order valence-corrected chi connectivity index (χ2v) is 17.2. The Bertz CT molecular complexity index is 3990. The van der Waals surface area contributed by atoms with Crippen LogP contribution in [0.25, 0.3) is 128 Å². The minimum absolute atomic E-state index is 0.570. The van der Waals surface area contributed by atoms with Gasteiger partial charge < -0.3 is 8.98 Å². The van der Waals surface area contributed by atoms with E-state index in [2.05, 4.69) is 235 Å². The number of hydrogen-bond donors (Lipinski definition) is 0. The maximum absolute atomic E-state index is 6.99. The first-order chi connectivity index (χ1) is 33.7. The summed E-state index contributed by atoms with van der Waals surface area (Å²) in [5.74, 6) is 1.77. The van der Waals surface area contributed by atoms with Gasteiger partial charge in [0.2, 0.25) is 0 Å². The van der Waals surface area contributed by atoms with Gasteiger partial charge in [0.25, 0.3) is 0 Å². The van der Waals surface area contributed by atoms with Crippen LogP contribution < -0.4 is 0 Å². The summed E-state index contributed by atoms with van der Waals surface area (Å²) in [5, 5.41) is 4.30. The second-order valence-electron chi connectivity index (χ2n) is 17.2.